The molecule has 0 radical (unpaired) electrons. The van der Waals surface area contributed by atoms with Crippen molar-refractivity contribution < 1.29 is 0 Å². The molecule has 0 bridgehead atoms. The van der Waals surface area contributed by atoms with E-state index < -0.39 is 0 Å². The van der Waals surface area contributed by atoms with Gasteiger partial charge in [0.15, 0.2) is 0 Å². The molecular formula is C59H62N2. The number of rotatable bonds is 9. The predicted octanol–water partition coefficient (Wildman–Crippen LogP) is 16.6. The van der Waals surface area contributed by atoms with E-state index in [0.717, 1.165) is 33.8 Å². The molecule has 61 heavy (non-hydrogen) atoms. The van der Waals surface area contributed by atoms with Crippen molar-refractivity contribution in [3.8, 4) is 11.1 Å². The minimum atomic E-state index is 0.0379. The van der Waals surface area contributed by atoms with Crippen LogP contribution in [0.5, 0.6) is 0 Å². The van der Waals surface area contributed by atoms with Crippen LogP contribution in [0.15, 0.2) is 194 Å². The Labute approximate surface area is 365 Å². The highest BCUT2D eigenvalue weighted by Crippen LogP contribution is 2.40. The number of nitrogens with two attached hydrogens (primary N) is 1. The van der Waals surface area contributed by atoms with E-state index in [1.807, 2.05) is 13.8 Å². The van der Waals surface area contributed by atoms with Crippen LogP contribution < -0.4 is 10.6 Å². The molecule has 0 aromatic heterocycles. The summed E-state index contributed by atoms with van der Waals surface area (Å²) < 4.78 is 0. The van der Waals surface area contributed by atoms with Crippen LogP contribution in [0.1, 0.15) is 82.2 Å². The van der Waals surface area contributed by atoms with Crippen molar-refractivity contribution >= 4 is 50.3 Å². The van der Waals surface area contributed by atoms with E-state index >= 15 is 0 Å². The minimum Gasteiger partial charge on any atom is -0.327 e. The zero-order valence-electron chi connectivity index (χ0n) is 37.4. The molecule has 0 fully saturated rings. The van der Waals surface area contributed by atoms with Gasteiger partial charge in [-0.2, -0.15) is 0 Å². The van der Waals surface area contributed by atoms with Crippen molar-refractivity contribution in [3.63, 3.8) is 0 Å². The van der Waals surface area contributed by atoms with Crippen molar-refractivity contribution in [3.05, 3.63) is 222 Å². The standard InChI is InChI=1S/C46H46N2.C11H10.C2H6/c1-33(2)38-15-9-17-40(31-38)39-16-8-12-34(30-39)22-23-36(28-29-47)35-24-26-42(27-25-35)48(43-19-11-18-41(32-43)46(3,4)5)45-21-10-14-37-13-6-7-20-44(37)45;1-9-5-4-7-10-6-2-3-8-11(9)10;1-2/h6-28,30-33H,29,47H2,1-5H3;2-8H,1H3;1-2H3/b23-22-,36-28+;;. The molecule has 0 saturated carbocycles. The average Bonchev–Trinajstić information content (AvgIpc) is 3.29. The van der Waals surface area contributed by atoms with Gasteiger partial charge in [-0.05, 0) is 115 Å². The largest absolute Gasteiger partial charge is 0.327 e. The quantitative estimate of drug-likeness (QED) is 0.147. The smallest absolute Gasteiger partial charge is 0.0540 e. The van der Waals surface area contributed by atoms with Gasteiger partial charge in [0.05, 0.1) is 5.69 Å². The molecule has 0 amide bonds. The first kappa shape index (κ1) is 44.1. The highest BCUT2D eigenvalue weighted by molar-refractivity contribution is 5.99. The number of allylic oxidation sites excluding steroid dienone is 2. The second-order valence-corrected chi connectivity index (χ2v) is 16.6. The molecule has 0 atom stereocenters. The van der Waals surface area contributed by atoms with Crippen LogP contribution >= 0.6 is 0 Å². The van der Waals surface area contributed by atoms with E-state index in [4.69, 9.17) is 5.73 Å². The number of hydrogen-bond donors (Lipinski definition) is 1. The fourth-order valence-corrected chi connectivity index (χ4v) is 7.63. The van der Waals surface area contributed by atoms with E-state index in [1.165, 1.54) is 49.4 Å². The molecule has 308 valence electrons. The summed E-state index contributed by atoms with van der Waals surface area (Å²) in [5, 5.41) is 5.12. The SMILES string of the molecule is CC.CC(C)c1cccc(-c2cccc(/C=C\C(=C/CN)c3ccc(N(c4cccc(C(C)(C)C)c4)c4cccc5ccccc45)cc3)c2)c1.Cc1cccc2ccccc12. The third-order valence-electron chi connectivity index (χ3n) is 11.0. The fraction of sp³-hybridized carbons (Fsp3) is 0.186. The molecule has 0 spiro atoms. The van der Waals surface area contributed by atoms with Gasteiger partial charge in [0.25, 0.3) is 0 Å². The van der Waals surface area contributed by atoms with Crippen molar-refractivity contribution in [2.24, 2.45) is 5.73 Å². The predicted molar refractivity (Wildman–Crippen MR) is 269 cm³/mol. The molecule has 0 unspecified atom stereocenters. The molecule has 0 saturated heterocycles. The third-order valence-corrected chi connectivity index (χ3v) is 11.0. The Balaban J connectivity index is 0.000000409. The van der Waals surface area contributed by atoms with Crippen molar-refractivity contribution in [2.75, 3.05) is 11.4 Å². The number of aryl methyl sites for hydroxylation is 1. The van der Waals surface area contributed by atoms with E-state index in [-0.39, 0.29) is 5.41 Å². The van der Waals surface area contributed by atoms with E-state index in [2.05, 4.69) is 247 Å². The monoisotopic (exact) mass is 798 g/mol. The Bertz CT molecular complexity index is 2710. The van der Waals surface area contributed by atoms with Crippen molar-refractivity contribution in [1.82, 2.24) is 0 Å². The first-order valence-corrected chi connectivity index (χ1v) is 21.8. The van der Waals surface area contributed by atoms with Gasteiger partial charge >= 0.3 is 0 Å². The van der Waals surface area contributed by atoms with Gasteiger partial charge < -0.3 is 10.6 Å². The summed E-state index contributed by atoms with van der Waals surface area (Å²) in [5.74, 6) is 0.496. The highest BCUT2D eigenvalue weighted by atomic mass is 15.1. The zero-order chi connectivity index (χ0) is 43.4. The van der Waals surface area contributed by atoms with Gasteiger partial charge in [-0.1, -0.05) is 212 Å². The highest BCUT2D eigenvalue weighted by Gasteiger charge is 2.19. The van der Waals surface area contributed by atoms with Crippen LogP contribution in [0.2, 0.25) is 0 Å². The number of benzene rings is 8. The number of hydrogen-bond acceptors (Lipinski definition) is 2. The molecule has 2 nitrogen and oxygen atoms in total. The maximum absolute atomic E-state index is 6.09. The van der Waals surface area contributed by atoms with Gasteiger partial charge in [0.2, 0.25) is 0 Å². The molecule has 8 aromatic carbocycles. The normalized spacial score (nSPS) is 11.6. The molecule has 2 N–H and O–H groups in total. The Morgan fingerprint density at radius 1 is 0.590 bits per heavy atom. The molecule has 8 aromatic rings. The van der Waals surface area contributed by atoms with E-state index in [1.54, 1.807) is 0 Å². The Kier molecular flexibility index (Phi) is 14.9. The second kappa shape index (κ2) is 20.7. The zero-order valence-corrected chi connectivity index (χ0v) is 37.4. The summed E-state index contributed by atoms with van der Waals surface area (Å²) >= 11 is 0. The van der Waals surface area contributed by atoms with Crippen LogP contribution in [0.3, 0.4) is 0 Å². The minimum absolute atomic E-state index is 0.0379. The summed E-state index contributed by atoms with van der Waals surface area (Å²) in [6.07, 6.45) is 6.46. The molecule has 2 heteroatoms. The molecule has 0 aliphatic rings. The number of nitrogens with zero attached hydrogens (tertiary/aromatic N) is 1. The maximum Gasteiger partial charge on any atom is 0.0540 e. The van der Waals surface area contributed by atoms with Crippen LogP contribution in [0.4, 0.5) is 17.1 Å². The summed E-state index contributed by atoms with van der Waals surface area (Å²) in [6, 6.07) is 65.4. The first-order chi connectivity index (χ1) is 29.6. The van der Waals surface area contributed by atoms with Crippen LogP contribution in [-0.4, -0.2) is 6.54 Å². The lowest BCUT2D eigenvalue weighted by molar-refractivity contribution is 0.590. The number of anilines is 3. The van der Waals surface area contributed by atoms with Gasteiger partial charge in [-0.15, -0.1) is 0 Å². The molecule has 0 aliphatic heterocycles. The Hall–Kier alpha value is -6.48. The number of fused-ring (bicyclic) bond motifs is 2. The molecule has 0 aliphatic carbocycles. The van der Waals surface area contributed by atoms with Crippen LogP contribution in [0, 0.1) is 6.92 Å². The Morgan fingerprint density at radius 3 is 1.85 bits per heavy atom. The first-order valence-electron chi connectivity index (χ1n) is 21.8. The summed E-state index contributed by atoms with van der Waals surface area (Å²) in [4.78, 5) is 2.38. The summed E-state index contributed by atoms with van der Waals surface area (Å²) in [7, 11) is 0. The lowest BCUT2D eigenvalue weighted by atomic mass is 9.87. The summed E-state index contributed by atoms with van der Waals surface area (Å²) in [6.45, 7) is 17.9. The molecule has 0 heterocycles. The van der Waals surface area contributed by atoms with Gasteiger partial charge in [0.1, 0.15) is 0 Å². The summed E-state index contributed by atoms with van der Waals surface area (Å²) in [5.41, 5.74) is 19.4. The lowest BCUT2D eigenvalue weighted by Crippen LogP contribution is -2.14. The van der Waals surface area contributed by atoms with Gasteiger partial charge in [-0.25, -0.2) is 0 Å². The fourth-order valence-electron chi connectivity index (χ4n) is 7.63. The third kappa shape index (κ3) is 11.0. The van der Waals surface area contributed by atoms with E-state index in [0.29, 0.717) is 12.5 Å². The van der Waals surface area contributed by atoms with E-state index in [9.17, 15) is 0 Å². The topological polar surface area (TPSA) is 29.3 Å². The van der Waals surface area contributed by atoms with Crippen LogP contribution in [-0.2, 0) is 5.41 Å². The van der Waals surface area contributed by atoms with Crippen LogP contribution in [0.25, 0.3) is 44.3 Å². The second-order valence-electron chi connectivity index (χ2n) is 16.6. The lowest BCUT2D eigenvalue weighted by Gasteiger charge is -2.29. The average molecular weight is 799 g/mol. The molecule has 8 rings (SSSR count). The maximum atomic E-state index is 6.09. The molecular weight excluding hydrogens is 737 g/mol. The Morgan fingerprint density at radius 2 is 1.18 bits per heavy atom. The van der Waals surface area contributed by atoms with Crippen molar-refractivity contribution in [2.45, 2.75) is 66.7 Å². The van der Waals surface area contributed by atoms with Gasteiger partial charge in [-0.3, -0.25) is 0 Å². The van der Waals surface area contributed by atoms with Crippen molar-refractivity contribution in [1.29, 1.82) is 0 Å². The van der Waals surface area contributed by atoms with Gasteiger partial charge in [0, 0.05) is 23.3 Å².